The fourth-order valence-corrected chi connectivity index (χ4v) is 4.67. The zero-order chi connectivity index (χ0) is 21.1. The summed E-state index contributed by atoms with van der Waals surface area (Å²) in [5.74, 6) is -0.582. The van der Waals surface area contributed by atoms with Crippen molar-refractivity contribution in [1.29, 1.82) is 0 Å². The van der Waals surface area contributed by atoms with Crippen LogP contribution in [0.4, 0.5) is 18.9 Å². The van der Waals surface area contributed by atoms with Crippen LogP contribution in [0.1, 0.15) is 41.6 Å². The summed E-state index contributed by atoms with van der Waals surface area (Å²) in [6.45, 7) is 0.990. The highest BCUT2D eigenvalue weighted by Crippen LogP contribution is 2.29. The predicted octanol–water partition coefficient (Wildman–Crippen LogP) is 4.52. The van der Waals surface area contributed by atoms with Crippen LogP contribution in [0.2, 0.25) is 0 Å². The van der Waals surface area contributed by atoms with Crippen molar-refractivity contribution >= 4 is 21.6 Å². The van der Waals surface area contributed by atoms with E-state index in [0.29, 0.717) is 18.8 Å². The lowest BCUT2D eigenvalue weighted by Crippen LogP contribution is -2.31. The monoisotopic (exact) mass is 426 g/mol. The number of alkyl halides is 3. The Morgan fingerprint density at radius 1 is 0.862 bits per heavy atom. The first-order valence-corrected chi connectivity index (χ1v) is 10.7. The van der Waals surface area contributed by atoms with E-state index in [-0.39, 0.29) is 10.5 Å². The molecule has 3 rings (SSSR count). The van der Waals surface area contributed by atoms with E-state index in [1.165, 1.54) is 28.6 Å². The van der Waals surface area contributed by atoms with Crippen molar-refractivity contribution in [2.24, 2.45) is 0 Å². The van der Waals surface area contributed by atoms with E-state index in [1.54, 1.807) is 0 Å². The summed E-state index contributed by atoms with van der Waals surface area (Å²) in [6, 6.07) is 9.63. The highest BCUT2D eigenvalue weighted by atomic mass is 32.2. The number of rotatable bonds is 4. The molecule has 1 heterocycles. The molecule has 29 heavy (non-hydrogen) atoms. The van der Waals surface area contributed by atoms with Crippen LogP contribution >= 0.6 is 0 Å². The molecular weight excluding hydrogens is 405 g/mol. The SMILES string of the molecule is O=C(Nc1ccc(S(=O)(=O)N2CCCCCC2)cc1)c1ccc(C(F)(F)F)cc1. The topological polar surface area (TPSA) is 66.5 Å². The quantitative estimate of drug-likeness (QED) is 0.782. The largest absolute Gasteiger partial charge is 0.416 e. The third kappa shape index (κ3) is 5.16. The third-order valence-corrected chi connectivity index (χ3v) is 6.70. The smallest absolute Gasteiger partial charge is 0.322 e. The average Bonchev–Trinajstić information content (AvgIpc) is 2.98. The molecule has 156 valence electrons. The molecule has 0 radical (unpaired) electrons. The van der Waals surface area contributed by atoms with Crippen LogP contribution in [0, 0.1) is 0 Å². The molecule has 9 heteroatoms. The van der Waals surface area contributed by atoms with E-state index in [2.05, 4.69) is 5.32 Å². The van der Waals surface area contributed by atoms with Gasteiger partial charge in [-0.05, 0) is 61.4 Å². The van der Waals surface area contributed by atoms with Crippen LogP contribution in [0.25, 0.3) is 0 Å². The van der Waals surface area contributed by atoms with Gasteiger partial charge in [0.25, 0.3) is 5.91 Å². The summed E-state index contributed by atoms with van der Waals surface area (Å²) in [5.41, 5.74) is -0.416. The van der Waals surface area contributed by atoms with E-state index < -0.39 is 27.7 Å². The predicted molar refractivity (Wildman–Crippen MR) is 103 cm³/mol. The molecule has 1 fully saturated rings. The van der Waals surface area contributed by atoms with Crippen molar-refractivity contribution in [2.75, 3.05) is 18.4 Å². The van der Waals surface area contributed by atoms with Gasteiger partial charge >= 0.3 is 6.18 Å². The molecule has 0 spiro atoms. The van der Waals surface area contributed by atoms with Gasteiger partial charge in [0.05, 0.1) is 10.5 Å². The normalized spacial score (nSPS) is 16.2. The number of halogens is 3. The first kappa shape index (κ1) is 21.3. The maximum atomic E-state index is 12.8. The number of nitrogens with zero attached hydrogens (tertiary/aromatic N) is 1. The van der Waals surface area contributed by atoms with Gasteiger partial charge in [-0.1, -0.05) is 12.8 Å². The summed E-state index contributed by atoms with van der Waals surface area (Å²) in [5, 5.41) is 2.56. The van der Waals surface area contributed by atoms with Crippen molar-refractivity contribution in [3.05, 3.63) is 59.7 Å². The maximum absolute atomic E-state index is 12.8. The standard InChI is InChI=1S/C20H21F3N2O3S/c21-20(22,23)16-7-5-15(6-8-16)19(26)24-17-9-11-18(12-10-17)29(27,28)25-13-3-1-2-4-14-25/h5-12H,1-4,13-14H2,(H,24,26). The maximum Gasteiger partial charge on any atom is 0.416 e. The van der Waals surface area contributed by atoms with Crippen molar-refractivity contribution in [3.8, 4) is 0 Å². The molecule has 0 saturated carbocycles. The molecule has 5 nitrogen and oxygen atoms in total. The fraction of sp³-hybridized carbons (Fsp3) is 0.350. The highest BCUT2D eigenvalue weighted by Gasteiger charge is 2.30. The molecule has 1 aliphatic rings. The molecule has 1 aliphatic heterocycles. The van der Waals surface area contributed by atoms with Crippen LogP contribution < -0.4 is 5.32 Å². The van der Waals surface area contributed by atoms with Crippen LogP contribution in [-0.4, -0.2) is 31.7 Å². The number of sulfonamides is 1. The average molecular weight is 426 g/mol. The number of hydrogen-bond donors (Lipinski definition) is 1. The number of carbonyl (C=O) groups is 1. The first-order valence-electron chi connectivity index (χ1n) is 9.27. The second-order valence-electron chi connectivity index (χ2n) is 6.87. The second-order valence-corrected chi connectivity index (χ2v) is 8.81. The van der Waals surface area contributed by atoms with E-state index in [1.807, 2.05) is 0 Å². The van der Waals surface area contributed by atoms with Crippen LogP contribution in [0.3, 0.4) is 0 Å². The fourth-order valence-electron chi connectivity index (χ4n) is 3.16. The Bertz CT molecular complexity index is 948. The zero-order valence-electron chi connectivity index (χ0n) is 15.6. The Labute approximate surface area is 167 Å². The van der Waals surface area contributed by atoms with Crippen LogP contribution in [0.15, 0.2) is 53.4 Å². The van der Waals surface area contributed by atoms with E-state index in [0.717, 1.165) is 49.9 Å². The molecule has 1 N–H and O–H groups in total. The lowest BCUT2D eigenvalue weighted by atomic mass is 10.1. The van der Waals surface area contributed by atoms with Crippen LogP contribution in [0.5, 0.6) is 0 Å². The lowest BCUT2D eigenvalue weighted by molar-refractivity contribution is -0.137. The third-order valence-electron chi connectivity index (χ3n) is 4.79. The number of amides is 1. The van der Waals surface area contributed by atoms with Gasteiger partial charge in [-0.2, -0.15) is 17.5 Å². The summed E-state index contributed by atoms with van der Waals surface area (Å²) in [4.78, 5) is 12.4. The number of anilines is 1. The lowest BCUT2D eigenvalue weighted by Gasteiger charge is -2.20. The molecule has 0 bridgehead atoms. The highest BCUT2D eigenvalue weighted by molar-refractivity contribution is 7.89. The Balaban J connectivity index is 1.69. The Kier molecular flexibility index (Phi) is 6.28. The minimum absolute atomic E-state index is 0.0688. The van der Waals surface area contributed by atoms with Gasteiger partial charge in [0.15, 0.2) is 0 Å². The van der Waals surface area contributed by atoms with E-state index in [9.17, 15) is 26.4 Å². The van der Waals surface area contributed by atoms with E-state index in [4.69, 9.17) is 0 Å². The van der Waals surface area contributed by atoms with E-state index >= 15 is 0 Å². The second kappa shape index (κ2) is 8.54. The Morgan fingerprint density at radius 2 is 1.41 bits per heavy atom. The molecular formula is C20H21F3N2O3S. The van der Waals surface area contributed by atoms with Crippen molar-refractivity contribution in [2.45, 2.75) is 36.8 Å². The van der Waals surface area contributed by atoms with Crippen LogP contribution in [-0.2, 0) is 16.2 Å². The van der Waals surface area contributed by atoms with Crippen molar-refractivity contribution in [1.82, 2.24) is 4.31 Å². The Morgan fingerprint density at radius 3 is 1.93 bits per heavy atom. The summed E-state index contributed by atoms with van der Waals surface area (Å²) >= 11 is 0. The first-order chi connectivity index (χ1) is 13.7. The van der Waals surface area contributed by atoms with Gasteiger partial charge in [-0.25, -0.2) is 8.42 Å². The van der Waals surface area contributed by atoms with Gasteiger partial charge in [0, 0.05) is 24.3 Å². The molecule has 2 aromatic carbocycles. The molecule has 0 atom stereocenters. The van der Waals surface area contributed by atoms with Gasteiger partial charge in [0.2, 0.25) is 10.0 Å². The van der Waals surface area contributed by atoms with Gasteiger partial charge in [0.1, 0.15) is 0 Å². The van der Waals surface area contributed by atoms with Crippen molar-refractivity contribution < 1.29 is 26.4 Å². The molecule has 0 unspecified atom stereocenters. The van der Waals surface area contributed by atoms with Gasteiger partial charge in [-0.3, -0.25) is 4.79 Å². The van der Waals surface area contributed by atoms with Gasteiger partial charge < -0.3 is 5.32 Å². The van der Waals surface area contributed by atoms with Gasteiger partial charge in [-0.15, -0.1) is 0 Å². The summed E-state index contributed by atoms with van der Waals surface area (Å²) in [7, 11) is -3.59. The minimum atomic E-state index is -4.47. The summed E-state index contributed by atoms with van der Waals surface area (Å²) < 4.78 is 64.8. The minimum Gasteiger partial charge on any atom is -0.322 e. The molecule has 0 aromatic heterocycles. The zero-order valence-corrected chi connectivity index (χ0v) is 16.4. The molecule has 2 aromatic rings. The number of hydrogen-bond acceptors (Lipinski definition) is 3. The number of benzene rings is 2. The summed E-state index contributed by atoms with van der Waals surface area (Å²) in [6.07, 6.45) is -0.771. The van der Waals surface area contributed by atoms with Crippen molar-refractivity contribution in [3.63, 3.8) is 0 Å². The number of nitrogens with one attached hydrogen (secondary N) is 1. The molecule has 0 aliphatic carbocycles. The number of carbonyl (C=O) groups excluding carboxylic acids is 1. The molecule has 1 saturated heterocycles. The molecule has 1 amide bonds. The Hall–Kier alpha value is -2.39.